The van der Waals surface area contributed by atoms with E-state index in [9.17, 15) is 13.2 Å². The molecule has 0 unspecified atom stereocenters. The van der Waals surface area contributed by atoms with Crippen LogP contribution in [0.5, 0.6) is 0 Å². The molecule has 3 rings (SSSR count). The van der Waals surface area contributed by atoms with Gasteiger partial charge in [-0.05, 0) is 49.2 Å². The van der Waals surface area contributed by atoms with Crippen LogP contribution in [0.2, 0.25) is 0 Å². The van der Waals surface area contributed by atoms with E-state index in [0.717, 1.165) is 21.2 Å². The van der Waals surface area contributed by atoms with Crippen molar-refractivity contribution in [3.8, 4) is 0 Å². The Labute approximate surface area is 182 Å². The summed E-state index contributed by atoms with van der Waals surface area (Å²) < 4.78 is 26.1. The Kier molecular flexibility index (Phi) is 7.07. The summed E-state index contributed by atoms with van der Waals surface area (Å²) >= 11 is 1.67. The number of hydrogen-bond acceptors (Lipinski definition) is 4. The van der Waals surface area contributed by atoms with Crippen molar-refractivity contribution in [2.45, 2.75) is 24.8 Å². The molecule has 0 atom stereocenters. The van der Waals surface area contributed by atoms with Crippen LogP contribution in [0.4, 0.5) is 0 Å². The summed E-state index contributed by atoms with van der Waals surface area (Å²) in [5.41, 5.74) is 1.53. The van der Waals surface area contributed by atoms with Crippen molar-refractivity contribution in [2.24, 2.45) is 0 Å². The maximum atomic E-state index is 13.3. The van der Waals surface area contributed by atoms with Crippen LogP contribution in [0.3, 0.4) is 0 Å². The minimum absolute atomic E-state index is 0.119. The quantitative estimate of drug-likeness (QED) is 0.526. The molecule has 1 amide bonds. The van der Waals surface area contributed by atoms with E-state index in [1.165, 1.54) is 31.1 Å². The van der Waals surface area contributed by atoms with E-state index in [-0.39, 0.29) is 10.8 Å². The van der Waals surface area contributed by atoms with Crippen molar-refractivity contribution in [3.63, 3.8) is 0 Å². The topological polar surface area (TPSA) is 57.7 Å². The van der Waals surface area contributed by atoms with Crippen molar-refractivity contribution in [1.29, 1.82) is 0 Å². The molecule has 0 aliphatic rings. The first kappa shape index (κ1) is 22.2. The Balaban J connectivity index is 1.87. The highest BCUT2D eigenvalue weighted by atomic mass is 32.2. The molecule has 7 heteroatoms. The first-order valence-electron chi connectivity index (χ1n) is 9.68. The van der Waals surface area contributed by atoms with Gasteiger partial charge < -0.3 is 4.90 Å². The van der Waals surface area contributed by atoms with Crippen molar-refractivity contribution < 1.29 is 13.2 Å². The molecule has 0 aliphatic carbocycles. The van der Waals surface area contributed by atoms with Crippen molar-refractivity contribution >= 4 is 27.3 Å². The fourth-order valence-corrected chi connectivity index (χ4v) is 4.96. The van der Waals surface area contributed by atoms with Crippen molar-refractivity contribution in [3.05, 3.63) is 87.6 Å². The Morgan fingerprint density at radius 3 is 2.33 bits per heavy atom. The normalized spacial score (nSPS) is 11.6. The third kappa shape index (κ3) is 5.36. The Bertz CT molecular complexity index is 1110. The fraction of sp³-hybridized carbons (Fsp3) is 0.261. The number of carbonyl (C=O) groups is 1. The largest absolute Gasteiger partial charge is 0.333 e. The Morgan fingerprint density at radius 2 is 1.70 bits per heavy atom. The molecule has 2 aromatic carbocycles. The fourth-order valence-electron chi connectivity index (χ4n) is 3.10. The molecule has 0 aliphatic heterocycles. The van der Waals surface area contributed by atoms with Gasteiger partial charge in [-0.2, -0.15) is 0 Å². The molecular weight excluding hydrogens is 416 g/mol. The molecule has 5 nitrogen and oxygen atoms in total. The number of hydrogen-bond donors (Lipinski definition) is 0. The van der Waals surface area contributed by atoms with E-state index >= 15 is 0 Å². The average molecular weight is 443 g/mol. The molecule has 1 heterocycles. The van der Waals surface area contributed by atoms with E-state index < -0.39 is 10.0 Å². The number of carbonyl (C=O) groups excluding carboxylic acids is 1. The molecule has 0 bridgehead atoms. The highest BCUT2D eigenvalue weighted by Gasteiger charge is 2.22. The number of nitrogens with zero attached hydrogens (tertiary/aromatic N) is 2. The highest BCUT2D eigenvalue weighted by molar-refractivity contribution is 7.89. The van der Waals surface area contributed by atoms with Crippen LogP contribution in [0.25, 0.3) is 0 Å². The lowest BCUT2D eigenvalue weighted by Gasteiger charge is -2.23. The summed E-state index contributed by atoms with van der Waals surface area (Å²) in [6.45, 7) is 3.08. The number of thiophene rings is 1. The van der Waals surface area contributed by atoms with Crippen LogP contribution < -0.4 is 0 Å². The molecule has 0 spiro atoms. The predicted molar refractivity (Wildman–Crippen MR) is 121 cm³/mol. The molecule has 0 N–H and O–H groups in total. The number of sulfonamides is 1. The third-order valence-corrected chi connectivity index (χ3v) is 7.60. The molecule has 158 valence electrons. The number of aryl methyl sites for hydroxylation is 1. The molecule has 0 saturated carbocycles. The Morgan fingerprint density at radius 1 is 0.967 bits per heavy atom. The summed E-state index contributed by atoms with van der Waals surface area (Å²) in [7, 11) is -0.642. The average Bonchev–Trinajstić information content (AvgIpc) is 3.16. The van der Waals surface area contributed by atoms with Gasteiger partial charge in [-0.15, -0.1) is 11.3 Å². The summed E-state index contributed by atoms with van der Waals surface area (Å²) in [6, 6.07) is 20.4. The van der Waals surface area contributed by atoms with Crippen LogP contribution in [0.1, 0.15) is 25.7 Å². The molecule has 3 aromatic rings. The summed E-state index contributed by atoms with van der Waals surface area (Å²) in [5, 5.41) is 0. The van der Waals surface area contributed by atoms with Gasteiger partial charge >= 0.3 is 0 Å². The number of benzene rings is 2. The van der Waals surface area contributed by atoms with Gasteiger partial charge in [0.1, 0.15) is 0 Å². The third-order valence-electron chi connectivity index (χ3n) is 4.80. The second-order valence-corrected chi connectivity index (χ2v) is 10.8. The van der Waals surface area contributed by atoms with Crippen molar-refractivity contribution in [1.82, 2.24) is 9.21 Å². The standard InChI is InChI=1S/C23H26N2O3S2/c1-18-12-13-21(29-18)17-25(15-14-19-8-5-4-6-9-19)23(26)20-10-7-11-22(16-20)30(27,28)24(2)3/h4-13,16H,14-15,17H2,1-3H3. The Hall–Kier alpha value is -2.48. The van der Waals surface area contributed by atoms with Crippen molar-refractivity contribution in [2.75, 3.05) is 20.6 Å². The SMILES string of the molecule is Cc1ccc(CN(CCc2ccccc2)C(=O)c2cccc(S(=O)(=O)N(C)C)c2)s1. The monoisotopic (exact) mass is 442 g/mol. The van der Waals surface area contributed by atoms with E-state index in [2.05, 4.69) is 0 Å². The molecule has 0 saturated heterocycles. The molecule has 0 fully saturated rings. The lowest BCUT2D eigenvalue weighted by atomic mass is 10.1. The maximum Gasteiger partial charge on any atom is 0.254 e. The molecule has 30 heavy (non-hydrogen) atoms. The minimum atomic E-state index is -3.60. The smallest absolute Gasteiger partial charge is 0.254 e. The van der Waals surface area contributed by atoms with Crippen LogP contribution in [0.15, 0.2) is 71.6 Å². The second-order valence-electron chi connectivity index (χ2n) is 7.29. The van der Waals surface area contributed by atoms with Gasteiger partial charge in [0.05, 0.1) is 11.4 Å². The zero-order valence-corrected chi connectivity index (χ0v) is 19.0. The van der Waals surface area contributed by atoms with E-state index in [0.29, 0.717) is 18.7 Å². The maximum absolute atomic E-state index is 13.3. The number of amides is 1. The predicted octanol–water partition coefficient (Wildman–Crippen LogP) is 4.19. The first-order valence-corrected chi connectivity index (χ1v) is 11.9. The number of rotatable bonds is 8. The molecule has 0 radical (unpaired) electrons. The van der Waals surface area contributed by atoms with Gasteiger partial charge in [-0.3, -0.25) is 4.79 Å². The van der Waals surface area contributed by atoms with E-state index in [1.54, 1.807) is 28.4 Å². The van der Waals surface area contributed by atoms with Crippen LogP contribution in [0, 0.1) is 6.92 Å². The van der Waals surface area contributed by atoms with E-state index in [1.807, 2.05) is 49.4 Å². The summed E-state index contributed by atoms with van der Waals surface area (Å²) in [6.07, 6.45) is 0.729. The highest BCUT2D eigenvalue weighted by Crippen LogP contribution is 2.21. The van der Waals surface area contributed by atoms with Gasteiger partial charge in [0.15, 0.2) is 0 Å². The van der Waals surface area contributed by atoms with E-state index in [4.69, 9.17) is 0 Å². The molecular formula is C23H26N2O3S2. The van der Waals surface area contributed by atoms with Crippen LogP contribution >= 0.6 is 11.3 Å². The second kappa shape index (κ2) is 9.55. The summed E-state index contributed by atoms with van der Waals surface area (Å²) in [5.74, 6) is -0.173. The zero-order chi connectivity index (χ0) is 21.7. The van der Waals surface area contributed by atoms with Gasteiger partial charge in [0, 0.05) is 36.0 Å². The van der Waals surface area contributed by atoms with Gasteiger partial charge in [-0.1, -0.05) is 36.4 Å². The minimum Gasteiger partial charge on any atom is -0.333 e. The van der Waals surface area contributed by atoms with Gasteiger partial charge in [0.2, 0.25) is 10.0 Å². The zero-order valence-electron chi connectivity index (χ0n) is 17.4. The van der Waals surface area contributed by atoms with Gasteiger partial charge in [-0.25, -0.2) is 12.7 Å². The van der Waals surface area contributed by atoms with Gasteiger partial charge in [0.25, 0.3) is 5.91 Å². The van der Waals surface area contributed by atoms with Crippen LogP contribution in [-0.2, 0) is 23.0 Å². The lowest BCUT2D eigenvalue weighted by Crippen LogP contribution is -2.32. The lowest BCUT2D eigenvalue weighted by molar-refractivity contribution is 0.0746. The van der Waals surface area contributed by atoms with Crippen LogP contribution in [-0.4, -0.2) is 44.2 Å². The summed E-state index contributed by atoms with van der Waals surface area (Å²) in [4.78, 5) is 17.6. The molecule has 1 aromatic heterocycles. The first-order chi connectivity index (χ1) is 14.3.